The minimum atomic E-state index is -0.959. The highest BCUT2D eigenvalue weighted by atomic mass is 16.6. The molecule has 216 valence electrons. The summed E-state index contributed by atoms with van der Waals surface area (Å²) < 4.78 is 5.35. The number of ketones is 1. The van der Waals surface area contributed by atoms with Crippen LogP contribution in [0, 0.1) is 11.8 Å². The van der Waals surface area contributed by atoms with Crippen molar-refractivity contribution in [2.75, 3.05) is 11.9 Å². The first-order valence-electron chi connectivity index (χ1n) is 13.9. The molecule has 3 rings (SSSR count). The Kier molecular flexibility index (Phi) is 10.8. The lowest BCUT2D eigenvalue weighted by molar-refractivity contribution is -0.133. The van der Waals surface area contributed by atoms with Crippen LogP contribution < -0.4 is 21.3 Å². The predicted molar refractivity (Wildman–Crippen MR) is 155 cm³/mol. The van der Waals surface area contributed by atoms with Crippen molar-refractivity contribution in [2.45, 2.75) is 77.6 Å². The first-order chi connectivity index (χ1) is 19.0. The van der Waals surface area contributed by atoms with Gasteiger partial charge in [0.1, 0.15) is 17.7 Å². The molecule has 9 heteroatoms. The summed E-state index contributed by atoms with van der Waals surface area (Å²) in [6, 6.07) is 15.2. The first-order valence-corrected chi connectivity index (χ1v) is 13.9. The second kappa shape index (κ2) is 14.1. The van der Waals surface area contributed by atoms with Crippen molar-refractivity contribution < 1.29 is 23.9 Å². The fourth-order valence-electron chi connectivity index (χ4n) is 4.48. The molecule has 1 fully saturated rings. The van der Waals surface area contributed by atoms with Gasteiger partial charge in [-0.3, -0.25) is 14.4 Å². The van der Waals surface area contributed by atoms with E-state index in [1.165, 1.54) is 0 Å². The van der Waals surface area contributed by atoms with Gasteiger partial charge in [0.2, 0.25) is 11.8 Å². The van der Waals surface area contributed by atoms with Gasteiger partial charge in [-0.05, 0) is 49.3 Å². The molecule has 1 aliphatic heterocycles. The highest BCUT2D eigenvalue weighted by Crippen LogP contribution is 2.29. The summed E-state index contributed by atoms with van der Waals surface area (Å²) in [5, 5.41) is 11.2. The lowest BCUT2D eigenvalue weighted by atomic mass is 9.93. The van der Waals surface area contributed by atoms with E-state index in [-0.39, 0.29) is 24.0 Å². The zero-order valence-electron chi connectivity index (χ0n) is 24.0. The highest BCUT2D eigenvalue weighted by Gasteiger charge is 2.50. The van der Waals surface area contributed by atoms with Crippen molar-refractivity contribution >= 4 is 29.3 Å². The fourth-order valence-corrected chi connectivity index (χ4v) is 4.48. The number of carbonyl (C=O) groups excluding carboxylic acids is 4. The Morgan fingerprint density at radius 3 is 1.80 bits per heavy atom. The Bertz CT molecular complexity index is 1150. The van der Waals surface area contributed by atoms with Gasteiger partial charge < -0.3 is 26.0 Å². The summed E-state index contributed by atoms with van der Waals surface area (Å²) in [6.07, 6.45) is 1.05. The first kappa shape index (κ1) is 30.8. The van der Waals surface area contributed by atoms with Gasteiger partial charge in [-0.2, -0.15) is 0 Å². The van der Waals surface area contributed by atoms with Crippen LogP contribution in [0.3, 0.4) is 0 Å². The highest BCUT2D eigenvalue weighted by molar-refractivity contribution is 5.99. The normalized spacial score (nSPS) is 18.4. The lowest BCUT2D eigenvalue weighted by Gasteiger charge is -2.27. The van der Waals surface area contributed by atoms with Gasteiger partial charge in [0.25, 0.3) is 0 Å². The van der Waals surface area contributed by atoms with Crippen LogP contribution >= 0.6 is 0 Å². The Morgan fingerprint density at radius 1 is 0.750 bits per heavy atom. The summed E-state index contributed by atoms with van der Waals surface area (Å²) in [5.74, 6) is -0.853. The van der Waals surface area contributed by atoms with Crippen LogP contribution in [0.15, 0.2) is 60.7 Å². The number of carbonyl (C=O) groups is 4. The van der Waals surface area contributed by atoms with E-state index < -0.39 is 41.6 Å². The second-order valence-electron chi connectivity index (χ2n) is 11.5. The fraction of sp³-hybridized carbons (Fsp3) is 0.484. The maximum atomic E-state index is 13.6. The molecule has 0 unspecified atom stereocenters. The zero-order valence-corrected chi connectivity index (χ0v) is 24.0. The minimum Gasteiger partial charge on any atom is -0.361 e. The molecular weight excluding hydrogens is 508 g/mol. The number of urea groups is 1. The molecule has 0 bridgehead atoms. The number of anilines is 1. The molecular formula is C31H42N4O5. The number of hydrogen-bond donors (Lipinski definition) is 4. The summed E-state index contributed by atoms with van der Waals surface area (Å²) in [4.78, 5) is 53.0. The van der Waals surface area contributed by atoms with Gasteiger partial charge >= 0.3 is 6.03 Å². The monoisotopic (exact) mass is 550 g/mol. The molecule has 2 aromatic carbocycles. The van der Waals surface area contributed by atoms with Crippen molar-refractivity contribution in [3.8, 4) is 0 Å². The Labute approximate surface area is 236 Å². The maximum absolute atomic E-state index is 13.6. The molecule has 0 spiro atoms. The predicted octanol–water partition coefficient (Wildman–Crippen LogP) is 3.84. The Morgan fingerprint density at radius 2 is 1.25 bits per heavy atom. The number of para-hydroxylation sites is 1. The number of ether oxygens (including phenoxy) is 1. The number of epoxide rings is 1. The third-order valence-electron chi connectivity index (χ3n) is 6.71. The van der Waals surface area contributed by atoms with Crippen LogP contribution in [0.25, 0.3) is 0 Å². The van der Waals surface area contributed by atoms with E-state index in [0.29, 0.717) is 25.1 Å². The van der Waals surface area contributed by atoms with Gasteiger partial charge in [0, 0.05) is 12.1 Å². The SMILES string of the molecule is CC(C)C[C@H](NC(=O)Nc1ccccc1)C(=O)N[C@@H](Cc1ccccc1)C(=O)N[C@@H](CC(C)C)C(=O)[C@@]1(C)CO1. The molecule has 2 aromatic rings. The van der Waals surface area contributed by atoms with Gasteiger partial charge in [-0.1, -0.05) is 76.2 Å². The van der Waals surface area contributed by atoms with Crippen molar-refractivity contribution in [1.82, 2.24) is 16.0 Å². The minimum absolute atomic E-state index is 0.0986. The maximum Gasteiger partial charge on any atom is 0.319 e. The average molecular weight is 551 g/mol. The quantitative estimate of drug-likeness (QED) is 0.266. The molecule has 4 amide bonds. The third kappa shape index (κ3) is 9.48. The number of benzene rings is 2. The third-order valence-corrected chi connectivity index (χ3v) is 6.71. The molecule has 9 nitrogen and oxygen atoms in total. The molecule has 4 N–H and O–H groups in total. The lowest BCUT2D eigenvalue weighted by Crippen LogP contribution is -2.57. The summed E-state index contributed by atoms with van der Waals surface area (Å²) in [7, 11) is 0. The molecule has 0 aliphatic carbocycles. The van der Waals surface area contributed by atoms with Crippen molar-refractivity contribution in [3.63, 3.8) is 0 Å². The molecule has 0 aromatic heterocycles. The molecule has 1 heterocycles. The standard InChI is InChI=1S/C31H42N4O5/c1-20(2)16-24(27(36)31(5)19-40-31)33-29(38)26(18-22-12-8-6-9-13-22)34-28(37)25(17-21(3)4)35-30(39)32-23-14-10-7-11-15-23/h6-15,20-21,24-26H,16-19H2,1-5H3,(H,33,38)(H,34,37)(H2,32,35,39)/t24-,25-,26-,31+/m0/s1. The molecule has 0 radical (unpaired) electrons. The number of rotatable bonds is 14. The van der Waals surface area contributed by atoms with E-state index in [4.69, 9.17) is 4.74 Å². The van der Waals surface area contributed by atoms with Crippen LogP contribution in [0.2, 0.25) is 0 Å². The van der Waals surface area contributed by atoms with Crippen molar-refractivity contribution in [3.05, 3.63) is 66.2 Å². The summed E-state index contributed by atoms with van der Waals surface area (Å²) >= 11 is 0. The van der Waals surface area contributed by atoms with Crippen LogP contribution in [-0.4, -0.2) is 54.0 Å². The van der Waals surface area contributed by atoms with Crippen molar-refractivity contribution in [1.29, 1.82) is 0 Å². The number of hydrogen-bond acceptors (Lipinski definition) is 5. The van der Waals surface area contributed by atoms with Gasteiger partial charge in [0.05, 0.1) is 12.6 Å². The summed E-state index contributed by atoms with van der Waals surface area (Å²) in [5.41, 5.74) is 0.560. The van der Waals surface area contributed by atoms with Gasteiger partial charge in [0.15, 0.2) is 5.78 Å². The van der Waals surface area contributed by atoms with Crippen LogP contribution in [0.5, 0.6) is 0 Å². The summed E-state index contributed by atoms with van der Waals surface area (Å²) in [6.45, 7) is 9.92. The van der Waals surface area contributed by atoms with Crippen LogP contribution in [-0.2, 0) is 25.5 Å². The Hall–Kier alpha value is -3.72. The number of Topliss-reactive ketones (excluding diaryl/α,β-unsaturated/α-hetero) is 1. The molecule has 0 saturated carbocycles. The van der Waals surface area contributed by atoms with Gasteiger partial charge in [-0.15, -0.1) is 0 Å². The van der Waals surface area contributed by atoms with Crippen molar-refractivity contribution in [2.24, 2.45) is 11.8 Å². The topological polar surface area (TPSA) is 129 Å². The smallest absolute Gasteiger partial charge is 0.319 e. The van der Waals surface area contributed by atoms with E-state index >= 15 is 0 Å². The van der Waals surface area contributed by atoms with E-state index in [1.54, 1.807) is 31.2 Å². The van der Waals surface area contributed by atoms with E-state index in [0.717, 1.165) is 5.56 Å². The molecule has 4 atom stereocenters. The second-order valence-corrected chi connectivity index (χ2v) is 11.5. The van der Waals surface area contributed by atoms with Crippen LogP contribution in [0.1, 0.15) is 53.0 Å². The molecule has 1 aliphatic rings. The molecule has 1 saturated heterocycles. The largest absolute Gasteiger partial charge is 0.361 e. The van der Waals surface area contributed by atoms with Gasteiger partial charge in [-0.25, -0.2) is 4.79 Å². The van der Waals surface area contributed by atoms with Crippen LogP contribution in [0.4, 0.5) is 10.5 Å². The molecule has 40 heavy (non-hydrogen) atoms. The average Bonchev–Trinajstić information content (AvgIpc) is 3.66. The van der Waals surface area contributed by atoms with E-state index in [9.17, 15) is 19.2 Å². The number of nitrogens with one attached hydrogen (secondary N) is 4. The Balaban J connectivity index is 1.77. The van der Waals surface area contributed by atoms with E-state index in [1.807, 2.05) is 64.1 Å². The van der Waals surface area contributed by atoms with E-state index in [2.05, 4.69) is 21.3 Å². The zero-order chi connectivity index (χ0) is 29.3. The number of amides is 4.